The van der Waals surface area contributed by atoms with Crippen LogP contribution in [0.3, 0.4) is 0 Å². The second-order valence-corrected chi connectivity index (χ2v) is 9.10. The lowest BCUT2D eigenvalue weighted by Gasteiger charge is -2.33. The van der Waals surface area contributed by atoms with Crippen molar-refractivity contribution in [2.75, 3.05) is 24.1 Å². The van der Waals surface area contributed by atoms with Gasteiger partial charge in [-0.25, -0.2) is 9.97 Å². The lowest BCUT2D eigenvalue weighted by molar-refractivity contribution is -0.127. The Hall–Kier alpha value is -4.24. The number of benzene rings is 2. The minimum Gasteiger partial charge on any atom is -0.383 e. The number of likely N-dealkylation sites (tertiary alicyclic amines) is 1. The number of carbonyl (C=O) groups excluding carboxylic acids is 2. The van der Waals surface area contributed by atoms with Crippen molar-refractivity contribution in [3.8, 4) is 0 Å². The van der Waals surface area contributed by atoms with E-state index in [2.05, 4.69) is 27.2 Å². The fourth-order valence-corrected chi connectivity index (χ4v) is 4.45. The smallest absolute Gasteiger partial charge is 0.253 e. The molecule has 9 nitrogen and oxygen atoms in total. The van der Waals surface area contributed by atoms with E-state index >= 15 is 0 Å². The molecule has 2 heterocycles. The Morgan fingerprint density at radius 3 is 2.68 bits per heavy atom. The first-order chi connectivity index (χ1) is 17.9. The van der Waals surface area contributed by atoms with Gasteiger partial charge in [0.1, 0.15) is 18.0 Å². The highest BCUT2D eigenvalue weighted by molar-refractivity contribution is 6.33. The number of rotatable bonds is 8. The van der Waals surface area contributed by atoms with Crippen molar-refractivity contribution in [1.82, 2.24) is 20.2 Å². The first-order valence-corrected chi connectivity index (χ1v) is 12.2. The van der Waals surface area contributed by atoms with Gasteiger partial charge in [0, 0.05) is 31.2 Å². The molecule has 37 heavy (non-hydrogen) atoms. The molecule has 1 aliphatic rings. The molecular formula is C27H28ClN7O2. The Morgan fingerprint density at radius 1 is 1.19 bits per heavy atom. The van der Waals surface area contributed by atoms with Crippen LogP contribution in [0.2, 0.25) is 5.02 Å². The summed E-state index contributed by atoms with van der Waals surface area (Å²) in [5, 5.41) is 15.4. The molecule has 2 amide bonds. The summed E-state index contributed by atoms with van der Waals surface area (Å²) >= 11 is 6.10. The van der Waals surface area contributed by atoms with Crippen LogP contribution in [-0.4, -0.2) is 51.5 Å². The van der Waals surface area contributed by atoms with Gasteiger partial charge in [0.05, 0.1) is 21.9 Å². The Morgan fingerprint density at radius 2 is 1.95 bits per heavy atom. The third kappa shape index (κ3) is 6.13. The molecule has 5 N–H and O–H groups in total. The van der Waals surface area contributed by atoms with Crippen molar-refractivity contribution in [2.45, 2.75) is 25.4 Å². The van der Waals surface area contributed by atoms with Crippen molar-refractivity contribution in [3.63, 3.8) is 0 Å². The fourth-order valence-electron chi connectivity index (χ4n) is 4.23. The third-order valence-electron chi connectivity index (χ3n) is 6.19. The number of hydrogen-bond donors (Lipinski definition) is 4. The Balaban J connectivity index is 1.45. The topological polar surface area (TPSA) is 137 Å². The van der Waals surface area contributed by atoms with Gasteiger partial charge < -0.3 is 21.3 Å². The predicted octanol–water partition coefficient (Wildman–Crippen LogP) is 3.65. The fraction of sp³-hybridized carbons (Fsp3) is 0.222. The van der Waals surface area contributed by atoms with Crippen LogP contribution in [0.15, 0.2) is 67.5 Å². The molecule has 2 aromatic carbocycles. The zero-order valence-corrected chi connectivity index (χ0v) is 21.0. The van der Waals surface area contributed by atoms with E-state index in [4.69, 9.17) is 22.7 Å². The van der Waals surface area contributed by atoms with Gasteiger partial charge in [-0.15, -0.1) is 0 Å². The van der Waals surface area contributed by atoms with Gasteiger partial charge in [-0.3, -0.25) is 15.0 Å². The number of hydrogen-bond acceptors (Lipinski definition) is 7. The minimum absolute atomic E-state index is 0.0393. The molecule has 1 fully saturated rings. The van der Waals surface area contributed by atoms with E-state index in [1.165, 1.54) is 12.4 Å². The van der Waals surface area contributed by atoms with Crippen molar-refractivity contribution >= 4 is 40.8 Å². The normalized spacial score (nSPS) is 15.1. The second-order valence-electron chi connectivity index (χ2n) is 8.69. The number of piperidine rings is 1. The molecule has 4 rings (SSSR count). The van der Waals surface area contributed by atoms with Gasteiger partial charge in [-0.1, -0.05) is 54.6 Å². The summed E-state index contributed by atoms with van der Waals surface area (Å²) in [6.45, 7) is 5.07. The Bertz CT molecular complexity index is 1330. The number of nitrogens with zero attached hydrogens (tertiary/aromatic N) is 3. The number of amides is 2. The van der Waals surface area contributed by atoms with Crippen molar-refractivity contribution in [3.05, 3.63) is 94.8 Å². The highest BCUT2D eigenvalue weighted by atomic mass is 35.5. The number of nitrogen functional groups attached to an aromatic ring is 1. The maximum atomic E-state index is 12.4. The number of anilines is 2. The van der Waals surface area contributed by atoms with Crippen LogP contribution in [0.5, 0.6) is 0 Å². The molecule has 0 radical (unpaired) electrons. The first-order valence-electron chi connectivity index (χ1n) is 11.9. The quantitative estimate of drug-likeness (QED) is 0.266. The summed E-state index contributed by atoms with van der Waals surface area (Å²) in [6, 6.07) is 14.1. The van der Waals surface area contributed by atoms with Gasteiger partial charge >= 0.3 is 0 Å². The van der Waals surface area contributed by atoms with Crippen molar-refractivity contribution in [1.29, 1.82) is 5.41 Å². The van der Waals surface area contributed by atoms with Crippen LogP contribution in [-0.2, 0) is 11.3 Å². The Kier molecular flexibility index (Phi) is 8.15. The lowest BCUT2D eigenvalue weighted by atomic mass is 10.0. The highest BCUT2D eigenvalue weighted by Crippen LogP contribution is 2.24. The SMILES string of the molecule is C=CC(=O)N1CCCC(Nc2ncnc(N)c2C(=N)c2ccc(CNC(=O)c3ccccc3Cl)cc2)C1. The summed E-state index contributed by atoms with van der Waals surface area (Å²) < 4.78 is 0. The lowest BCUT2D eigenvalue weighted by Crippen LogP contribution is -2.44. The van der Waals surface area contributed by atoms with Crippen LogP contribution >= 0.6 is 11.6 Å². The molecule has 0 saturated carbocycles. The predicted molar refractivity (Wildman–Crippen MR) is 145 cm³/mol. The molecule has 0 aliphatic carbocycles. The highest BCUT2D eigenvalue weighted by Gasteiger charge is 2.25. The summed E-state index contributed by atoms with van der Waals surface area (Å²) in [4.78, 5) is 34.6. The number of carbonyl (C=O) groups is 2. The monoisotopic (exact) mass is 517 g/mol. The van der Waals surface area contributed by atoms with E-state index in [9.17, 15) is 9.59 Å². The minimum atomic E-state index is -0.261. The van der Waals surface area contributed by atoms with E-state index in [1.54, 1.807) is 41.3 Å². The average Bonchev–Trinajstić information content (AvgIpc) is 2.92. The summed E-state index contributed by atoms with van der Waals surface area (Å²) in [7, 11) is 0. The van der Waals surface area contributed by atoms with Crippen molar-refractivity contribution < 1.29 is 9.59 Å². The number of nitrogens with one attached hydrogen (secondary N) is 3. The largest absolute Gasteiger partial charge is 0.383 e. The van der Waals surface area contributed by atoms with Gasteiger partial charge in [-0.2, -0.15) is 0 Å². The van der Waals surface area contributed by atoms with Gasteiger partial charge in [-0.05, 0) is 36.6 Å². The zero-order valence-electron chi connectivity index (χ0n) is 20.2. The summed E-state index contributed by atoms with van der Waals surface area (Å²) in [5.74, 6) is 0.271. The molecule has 3 aromatic rings. The standard InChI is InChI=1S/C27H28ClN7O2/c1-2-22(36)35-13-5-6-19(15-35)34-26-23(25(30)32-16-33-26)24(29)18-11-9-17(10-12-18)14-31-27(37)20-7-3-4-8-21(20)28/h2-4,7-12,16,19,29H,1,5-6,13-15H2,(H,31,37)(H3,30,32,33,34). The maximum absolute atomic E-state index is 12.4. The first kappa shape index (κ1) is 25.8. The van der Waals surface area contributed by atoms with Crippen LogP contribution in [0.4, 0.5) is 11.6 Å². The molecule has 10 heteroatoms. The molecule has 0 bridgehead atoms. The van der Waals surface area contributed by atoms with E-state index in [0.29, 0.717) is 47.2 Å². The number of aromatic nitrogens is 2. The van der Waals surface area contributed by atoms with Crippen molar-refractivity contribution in [2.24, 2.45) is 0 Å². The van der Waals surface area contributed by atoms with Gasteiger partial charge in [0.25, 0.3) is 5.91 Å². The van der Waals surface area contributed by atoms with E-state index in [1.807, 2.05) is 12.1 Å². The molecule has 0 spiro atoms. The molecule has 1 aromatic heterocycles. The molecule has 1 atom stereocenters. The van der Waals surface area contributed by atoms with E-state index in [0.717, 1.165) is 18.4 Å². The van der Waals surface area contributed by atoms with Gasteiger partial charge in [0.15, 0.2) is 0 Å². The van der Waals surface area contributed by atoms with Crippen LogP contribution in [0, 0.1) is 5.41 Å². The van der Waals surface area contributed by atoms with E-state index in [-0.39, 0.29) is 29.4 Å². The number of nitrogens with two attached hydrogens (primary N) is 1. The van der Waals surface area contributed by atoms with Crippen LogP contribution in [0.25, 0.3) is 0 Å². The number of halogens is 1. The molecule has 1 unspecified atom stereocenters. The average molecular weight is 518 g/mol. The second kappa shape index (κ2) is 11.7. The maximum Gasteiger partial charge on any atom is 0.253 e. The van der Waals surface area contributed by atoms with Gasteiger partial charge in [0.2, 0.25) is 5.91 Å². The summed E-state index contributed by atoms with van der Waals surface area (Å²) in [6.07, 6.45) is 4.37. The zero-order chi connectivity index (χ0) is 26.4. The summed E-state index contributed by atoms with van der Waals surface area (Å²) in [5.41, 5.74) is 8.64. The molecule has 1 saturated heterocycles. The molecule has 190 valence electrons. The third-order valence-corrected chi connectivity index (χ3v) is 6.52. The molecular weight excluding hydrogens is 490 g/mol. The van der Waals surface area contributed by atoms with Crippen LogP contribution < -0.4 is 16.4 Å². The van der Waals surface area contributed by atoms with E-state index < -0.39 is 0 Å². The van der Waals surface area contributed by atoms with Crippen LogP contribution in [0.1, 0.15) is 39.9 Å². The Labute approximate surface area is 220 Å². The molecule has 1 aliphatic heterocycles.